The molecule has 0 spiro atoms. The average Bonchev–Trinajstić information content (AvgIpc) is 2.70. The van der Waals surface area contributed by atoms with Gasteiger partial charge in [0.2, 0.25) is 11.8 Å². The Morgan fingerprint density at radius 2 is 1.68 bits per heavy atom. The SMILES string of the molecule is CN(CC(=O)O)C(=O)C1CCC(=O)N(Cc2ccccc2)C1c1ccccc1. The van der Waals surface area contributed by atoms with Crippen LogP contribution < -0.4 is 0 Å². The summed E-state index contributed by atoms with van der Waals surface area (Å²) >= 11 is 0. The fourth-order valence-corrected chi connectivity index (χ4v) is 3.80. The number of rotatable bonds is 6. The Morgan fingerprint density at radius 1 is 1.07 bits per heavy atom. The number of likely N-dealkylation sites (tertiary alicyclic amines) is 1. The van der Waals surface area contributed by atoms with Gasteiger partial charge in [0, 0.05) is 20.0 Å². The zero-order chi connectivity index (χ0) is 20.1. The molecule has 1 heterocycles. The first-order valence-corrected chi connectivity index (χ1v) is 9.32. The number of carboxylic acids is 1. The zero-order valence-electron chi connectivity index (χ0n) is 15.8. The van der Waals surface area contributed by atoms with Gasteiger partial charge in [-0.25, -0.2) is 0 Å². The molecule has 6 heteroatoms. The van der Waals surface area contributed by atoms with Crippen molar-refractivity contribution in [3.63, 3.8) is 0 Å². The number of benzene rings is 2. The second-order valence-corrected chi connectivity index (χ2v) is 7.10. The van der Waals surface area contributed by atoms with E-state index < -0.39 is 17.9 Å². The highest BCUT2D eigenvalue weighted by molar-refractivity contribution is 5.87. The van der Waals surface area contributed by atoms with Crippen LogP contribution in [-0.4, -0.2) is 46.3 Å². The predicted molar refractivity (Wildman–Crippen MR) is 104 cm³/mol. The number of hydrogen-bond donors (Lipinski definition) is 1. The first-order valence-electron chi connectivity index (χ1n) is 9.32. The van der Waals surface area contributed by atoms with E-state index in [1.54, 1.807) is 4.90 Å². The summed E-state index contributed by atoms with van der Waals surface area (Å²) in [6.45, 7) is 0.0507. The molecular weight excluding hydrogens is 356 g/mol. The maximum absolute atomic E-state index is 13.0. The van der Waals surface area contributed by atoms with E-state index in [-0.39, 0.29) is 24.8 Å². The normalized spacial score (nSPS) is 19.3. The second kappa shape index (κ2) is 8.69. The van der Waals surface area contributed by atoms with Gasteiger partial charge in [0.05, 0.1) is 12.0 Å². The number of hydrogen-bond acceptors (Lipinski definition) is 3. The van der Waals surface area contributed by atoms with Gasteiger partial charge >= 0.3 is 5.97 Å². The number of carbonyl (C=O) groups is 3. The Bertz CT molecular complexity index is 838. The van der Waals surface area contributed by atoms with Crippen molar-refractivity contribution in [2.75, 3.05) is 13.6 Å². The maximum Gasteiger partial charge on any atom is 0.323 e. The lowest BCUT2D eigenvalue weighted by Crippen LogP contribution is -2.48. The molecule has 28 heavy (non-hydrogen) atoms. The van der Waals surface area contributed by atoms with Crippen LogP contribution in [0.2, 0.25) is 0 Å². The Balaban J connectivity index is 1.95. The van der Waals surface area contributed by atoms with Crippen LogP contribution in [0.25, 0.3) is 0 Å². The highest BCUT2D eigenvalue weighted by Crippen LogP contribution is 2.38. The summed E-state index contributed by atoms with van der Waals surface area (Å²) in [6, 6.07) is 18.7. The maximum atomic E-state index is 13.0. The fourth-order valence-electron chi connectivity index (χ4n) is 3.80. The van der Waals surface area contributed by atoms with Crippen molar-refractivity contribution in [3.05, 3.63) is 71.8 Å². The third-order valence-electron chi connectivity index (χ3n) is 5.11. The molecule has 1 fully saturated rings. The molecule has 1 aliphatic rings. The molecule has 6 nitrogen and oxygen atoms in total. The smallest absolute Gasteiger partial charge is 0.323 e. The minimum absolute atomic E-state index is 0.00245. The number of carbonyl (C=O) groups excluding carboxylic acids is 2. The van der Waals surface area contributed by atoms with E-state index in [0.29, 0.717) is 13.0 Å². The van der Waals surface area contributed by atoms with Crippen molar-refractivity contribution in [1.29, 1.82) is 0 Å². The van der Waals surface area contributed by atoms with Crippen LogP contribution in [0.3, 0.4) is 0 Å². The molecule has 2 unspecified atom stereocenters. The Hall–Kier alpha value is -3.15. The molecule has 3 rings (SSSR count). The van der Waals surface area contributed by atoms with E-state index in [4.69, 9.17) is 5.11 Å². The molecule has 0 saturated carbocycles. The molecular formula is C22H24N2O4. The number of piperidine rings is 1. The second-order valence-electron chi connectivity index (χ2n) is 7.10. The number of nitrogens with zero attached hydrogens (tertiary/aromatic N) is 2. The van der Waals surface area contributed by atoms with Crippen LogP contribution in [0.15, 0.2) is 60.7 Å². The predicted octanol–water partition coefficient (Wildman–Crippen LogP) is 2.71. The van der Waals surface area contributed by atoms with Crippen LogP contribution in [0.5, 0.6) is 0 Å². The van der Waals surface area contributed by atoms with Gasteiger partial charge in [-0.3, -0.25) is 14.4 Å². The molecule has 2 aromatic carbocycles. The molecule has 2 amide bonds. The average molecular weight is 380 g/mol. The molecule has 0 aliphatic carbocycles. The third kappa shape index (κ3) is 4.39. The quantitative estimate of drug-likeness (QED) is 0.836. The summed E-state index contributed by atoms with van der Waals surface area (Å²) in [7, 11) is 1.50. The van der Waals surface area contributed by atoms with Crippen LogP contribution in [0.1, 0.15) is 30.0 Å². The molecule has 2 aromatic rings. The van der Waals surface area contributed by atoms with E-state index in [1.165, 1.54) is 11.9 Å². The van der Waals surface area contributed by atoms with Crippen LogP contribution in [-0.2, 0) is 20.9 Å². The van der Waals surface area contributed by atoms with Crippen molar-refractivity contribution in [2.24, 2.45) is 5.92 Å². The van der Waals surface area contributed by atoms with E-state index in [1.807, 2.05) is 60.7 Å². The van der Waals surface area contributed by atoms with E-state index in [2.05, 4.69) is 0 Å². The molecule has 0 aromatic heterocycles. The Kier molecular flexibility index (Phi) is 6.09. The van der Waals surface area contributed by atoms with Crippen molar-refractivity contribution in [3.8, 4) is 0 Å². The molecule has 146 valence electrons. The highest BCUT2D eigenvalue weighted by Gasteiger charge is 2.41. The number of aliphatic carboxylic acids is 1. The lowest BCUT2D eigenvalue weighted by Gasteiger charge is -2.42. The van der Waals surface area contributed by atoms with E-state index in [9.17, 15) is 14.4 Å². The van der Waals surface area contributed by atoms with Crippen molar-refractivity contribution in [2.45, 2.75) is 25.4 Å². The minimum atomic E-state index is -1.06. The van der Waals surface area contributed by atoms with Gasteiger partial charge in [0.1, 0.15) is 6.54 Å². The largest absolute Gasteiger partial charge is 0.480 e. The standard InChI is InChI=1S/C22H24N2O4/c1-23(15-20(26)27)22(28)18-12-13-19(25)24(14-16-8-4-2-5-9-16)21(18)17-10-6-3-7-11-17/h2-11,18,21H,12-15H2,1H3,(H,26,27). The highest BCUT2D eigenvalue weighted by atomic mass is 16.4. The summed E-state index contributed by atoms with van der Waals surface area (Å²) in [5.74, 6) is -1.78. The van der Waals surface area contributed by atoms with Gasteiger partial charge in [-0.05, 0) is 17.5 Å². The third-order valence-corrected chi connectivity index (χ3v) is 5.11. The number of amides is 2. The Morgan fingerprint density at radius 3 is 2.29 bits per heavy atom. The molecule has 1 N–H and O–H groups in total. The molecule has 0 bridgehead atoms. The molecule has 1 aliphatic heterocycles. The molecule has 1 saturated heterocycles. The van der Waals surface area contributed by atoms with Crippen LogP contribution in [0, 0.1) is 5.92 Å². The monoisotopic (exact) mass is 380 g/mol. The van der Waals surface area contributed by atoms with Gasteiger partial charge < -0.3 is 14.9 Å². The summed E-state index contributed by atoms with van der Waals surface area (Å²) in [4.78, 5) is 39.9. The van der Waals surface area contributed by atoms with Crippen molar-refractivity contribution in [1.82, 2.24) is 9.80 Å². The first kappa shape index (κ1) is 19.6. The topological polar surface area (TPSA) is 77.9 Å². The zero-order valence-corrected chi connectivity index (χ0v) is 15.8. The first-order chi connectivity index (χ1) is 13.5. The minimum Gasteiger partial charge on any atom is -0.480 e. The van der Waals surface area contributed by atoms with Gasteiger partial charge in [-0.15, -0.1) is 0 Å². The summed E-state index contributed by atoms with van der Waals surface area (Å²) in [6.07, 6.45) is 0.681. The summed E-state index contributed by atoms with van der Waals surface area (Å²) in [5, 5.41) is 9.04. The number of carboxylic acid groups (broad SMARTS) is 1. The van der Waals surface area contributed by atoms with E-state index >= 15 is 0 Å². The van der Waals surface area contributed by atoms with Gasteiger partial charge in [-0.1, -0.05) is 60.7 Å². The number of likely N-dealkylation sites (N-methyl/N-ethyl adjacent to an activating group) is 1. The van der Waals surface area contributed by atoms with Gasteiger partial charge in [0.15, 0.2) is 0 Å². The van der Waals surface area contributed by atoms with Gasteiger partial charge in [0.25, 0.3) is 0 Å². The van der Waals surface area contributed by atoms with Crippen molar-refractivity contribution >= 4 is 17.8 Å². The molecule has 2 atom stereocenters. The Labute approximate surface area is 164 Å². The van der Waals surface area contributed by atoms with Gasteiger partial charge in [-0.2, -0.15) is 0 Å². The lowest BCUT2D eigenvalue weighted by molar-refractivity contribution is -0.152. The fraction of sp³-hybridized carbons (Fsp3) is 0.318. The van der Waals surface area contributed by atoms with Crippen LogP contribution in [0.4, 0.5) is 0 Å². The summed E-state index contributed by atoms with van der Waals surface area (Å²) < 4.78 is 0. The molecule has 0 radical (unpaired) electrons. The van der Waals surface area contributed by atoms with E-state index in [0.717, 1.165) is 11.1 Å². The van der Waals surface area contributed by atoms with Crippen molar-refractivity contribution < 1.29 is 19.5 Å². The van der Waals surface area contributed by atoms with Crippen LogP contribution >= 0.6 is 0 Å². The summed E-state index contributed by atoms with van der Waals surface area (Å²) in [5.41, 5.74) is 1.87. The lowest BCUT2D eigenvalue weighted by atomic mass is 9.83.